The van der Waals surface area contributed by atoms with Gasteiger partial charge in [0.05, 0.1) is 19.7 Å². The number of hydrogen-bond donors (Lipinski definition) is 3. The highest BCUT2D eigenvalue weighted by atomic mass is 19.1. The van der Waals surface area contributed by atoms with Crippen molar-refractivity contribution in [3.05, 3.63) is 59.4 Å². The second kappa shape index (κ2) is 11.7. The van der Waals surface area contributed by atoms with Crippen molar-refractivity contribution in [2.45, 2.75) is 39.3 Å². The molecule has 32 heavy (non-hydrogen) atoms. The molecule has 0 radical (unpaired) electrons. The number of methoxy groups -OCH3 is 1. The van der Waals surface area contributed by atoms with Crippen molar-refractivity contribution in [1.29, 1.82) is 0 Å². The lowest BCUT2D eigenvalue weighted by Crippen LogP contribution is -2.38. The molecule has 7 heteroatoms. The predicted molar refractivity (Wildman–Crippen MR) is 128 cm³/mol. The number of aliphatic hydroxyl groups excluding tert-OH is 1. The number of aliphatic imine (C=N–C) groups is 1. The Morgan fingerprint density at radius 1 is 1.22 bits per heavy atom. The Labute approximate surface area is 190 Å². The van der Waals surface area contributed by atoms with Crippen molar-refractivity contribution in [2.75, 3.05) is 38.3 Å². The number of nitrogens with zero attached hydrogens (tertiary/aromatic N) is 2. The smallest absolute Gasteiger partial charge is 0.192 e. The molecule has 0 bridgehead atoms. The van der Waals surface area contributed by atoms with Gasteiger partial charge in [0.1, 0.15) is 0 Å². The minimum absolute atomic E-state index is 0.113. The molecule has 1 aliphatic rings. The molecule has 2 aromatic rings. The quantitative estimate of drug-likeness (QED) is 0.428. The molecular formula is C25H35FN4O2. The lowest BCUT2D eigenvalue weighted by atomic mass is 9.97. The number of nitrogens with one attached hydrogen (secondary N) is 2. The molecule has 0 saturated carbocycles. The van der Waals surface area contributed by atoms with Gasteiger partial charge in [0.2, 0.25) is 0 Å². The molecule has 0 amide bonds. The van der Waals surface area contributed by atoms with Crippen molar-refractivity contribution < 1.29 is 14.2 Å². The highest BCUT2D eigenvalue weighted by Gasteiger charge is 2.18. The first-order chi connectivity index (χ1) is 15.5. The zero-order valence-electron chi connectivity index (χ0n) is 19.3. The van der Waals surface area contributed by atoms with E-state index in [4.69, 9.17) is 9.73 Å². The number of rotatable bonds is 8. The average molecular weight is 443 g/mol. The van der Waals surface area contributed by atoms with E-state index in [-0.39, 0.29) is 17.6 Å². The number of guanidine groups is 1. The number of ether oxygens (including phenoxy) is 1. The van der Waals surface area contributed by atoms with Crippen LogP contribution in [0.25, 0.3) is 0 Å². The van der Waals surface area contributed by atoms with Gasteiger partial charge >= 0.3 is 0 Å². The highest BCUT2D eigenvalue weighted by Crippen LogP contribution is 2.24. The van der Waals surface area contributed by atoms with Gasteiger partial charge in [-0.15, -0.1) is 0 Å². The van der Waals surface area contributed by atoms with Crippen LogP contribution in [0.4, 0.5) is 10.1 Å². The normalized spacial score (nSPS) is 16.0. The fraction of sp³-hybridized carbons (Fsp3) is 0.480. The van der Waals surface area contributed by atoms with Gasteiger partial charge in [0.15, 0.2) is 17.5 Å². The van der Waals surface area contributed by atoms with Crippen LogP contribution < -0.4 is 20.3 Å². The molecule has 3 rings (SSSR count). The van der Waals surface area contributed by atoms with Crippen LogP contribution in [-0.2, 0) is 6.54 Å². The maximum absolute atomic E-state index is 14.1. The summed E-state index contributed by atoms with van der Waals surface area (Å²) in [7, 11) is 1.46. The largest absolute Gasteiger partial charge is 0.494 e. The Balaban J connectivity index is 1.60. The molecule has 1 saturated heterocycles. The fourth-order valence-electron chi connectivity index (χ4n) is 3.92. The first-order valence-corrected chi connectivity index (χ1v) is 11.4. The predicted octanol–water partition coefficient (Wildman–Crippen LogP) is 3.86. The first kappa shape index (κ1) is 23.9. The van der Waals surface area contributed by atoms with E-state index in [1.165, 1.54) is 18.9 Å². The van der Waals surface area contributed by atoms with E-state index in [1.54, 1.807) is 6.07 Å². The third kappa shape index (κ3) is 6.36. The van der Waals surface area contributed by atoms with Crippen LogP contribution >= 0.6 is 0 Å². The molecule has 1 aliphatic heterocycles. The molecule has 1 unspecified atom stereocenters. The van der Waals surface area contributed by atoms with E-state index in [2.05, 4.69) is 39.8 Å². The molecule has 1 atom stereocenters. The number of hydrogen-bond acceptors (Lipinski definition) is 4. The minimum atomic E-state index is -0.374. The van der Waals surface area contributed by atoms with Crippen molar-refractivity contribution in [3.63, 3.8) is 0 Å². The summed E-state index contributed by atoms with van der Waals surface area (Å²) in [6, 6.07) is 13.4. The summed E-state index contributed by atoms with van der Waals surface area (Å²) in [5, 5.41) is 15.9. The second-order valence-electron chi connectivity index (χ2n) is 8.23. The summed E-state index contributed by atoms with van der Waals surface area (Å²) in [5.41, 5.74) is 3.16. The fourth-order valence-corrected chi connectivity index (χ4v) is 3.92. The molecule has 1 heterocycles. The van der Waals surface area contributed by atoms with E-state index >= 15 is 0 Å². The van der Waals surface area contributed by atoms with E-state index in [1.807, 2.05) is 19.9 Å². The van der Waals surface area contributed by atoms with Crippen LogP contribution in [0, 0.1) is 11.7 Å². The maximum Gasteiger partial charge on any atom is 0.192 e. The number of benzene rings is 2. The molecule has 3 N–H and O–H groups in total. The zero-order valence-corrected chi connectivity index (χ0v) is 19.3. The zero-order chi connectivity index (χ0) is 22.9. The summed E-state index contributed by atoms with van der Waals surface area (Å²) >= 11 is 0. The summed E-state index contributed by atoms with van der Waals surface area (Å²) in [6.07, 6.45) is 2.08. The number of halogens is 1. The Bertz CT molecular complexity index is 880. The van der Waals surface area contributed by atoms with Crippen molar-refractivity contribution >= 4 is 11.6 Å². The number of aliphatic hydroxyl groups is 1. The summed E-state index contributed by atoms with van der Waals surface area (Å²) in [6.45, 7) is 7.54. The Morgan fingerprint density at radius 2 is 1.94 bits per heavy atom. The van der Waals surface area contributed by atoms with Gasteiger partial charge in [-0.1, -0.05) is 18.2 Å². The second-order valence-corrected chi connectivity index (χ2v) is 8.23. The molecule has 0 spiro atoms. The number of anilines is 1. The van der Waals surface area contributed by atoms with Gasteiger partial charge in [-0.3, -0.25) is 0 Å². The van der Waals surface area contributed by atoms with Gasteiger partial charge in [-0.05, 0) is 68.0 Å². The van der Waals surface area contributed by atoms with Crippen molar-refractivity contribution in [3.8, 4) is 5.75 Å². The minimum Gasteiger partial charge on any atom is -0.494 e. The van der Waals surface area contributed by atoms with Gasteiger partial charge < -0.3 is 25.4 Å². The lowest BCUT2D eigenvalue weighted by molar-refractivity contribution is 0.203. The SMILES string of the molecule is CCNC(=NCc1ccc(N2CCC(CO)CC2)cc1)NC(C)c1ccc(OC)c(F)c1. The standard InChI is InChI=1S/C25H35FN4O2/c1-4-27-25(29-18(2)21-7-10-24(32-3)23(26)15-21)28-16-19-5-8-22(9-6-19)30-13-11-20(17-31)12-14-30/h5-10,15,18,20,31H,4,11-14,16-17H2,1-3H3,(H2,27,28,29). The average Bonchev–Trinajstić information content (AvgIpc) is 2.83. The summed E-state index contributed by atoms with van der Waals surface area (Å²) in [4.78, 5) is 7.08. The van der Waals surface area contributed by atoms with Crippen molar-refractivity contribution in [2.24, 2.45) is 10.9 Å². The topological polar surface area (TPSA) is 69.1 Å². The molecule has 0 aliphatic carbocycles. The van der Waals surface area contributed by atoms with Crippen LogP contribution in [-0.4, -0.2) is 44.4 Å². The Hall–Kier alpha value is -2.80. The maximum atomic E-state index is 14.1. The molecule has 6 nitrogen and oxygen atoms in total. The Morgan fingerprint density at radius 3 is 2.53 bits per heavy atom. The molecule has 0 aromatic heterocycles. The monoisotopic (exact) mass is 442 g/mol. The van der Waals surface area contributed by atoms with Crippen LogP contribution in [0.3, 0.4) is 0 Å². The Kier molecular flexibility index (Phi) is 8.73. The van der Waals surface area contributed by atoms with E-state index in [0.29, 0.717) is 25.0 Å². The summed E-state index contributed by atoms with van der Waals surface area (Å²) < 4.78 is 19.1. The summed E-state index contributed by atoms with van der Waals surface area (Å²) in [5.74, 6) is 0.990. The molecule has 1 fully saturated rings. The van der Waals surface area contributed by atoms with Crippen molar-refractivity contribution in [1.82, 2.24) is 10.6 Å². The molecule has 2 aromatic carbocycles. The van der Waals surface area contributed by atoms with Gasteiger partial charge in [-0.2, -0.15) is 0 Å². The van der Waals surface area contributed by atoms with Gasteiger partial charge in [-0.25, -0.2) is 9.38 Å². The number of piperidine rings is 1. The van der Waals surface area contributed by atoms with Crippen LogP contribution in [0.15, 0.2) is 47.5 Å². The molecule has 174 valence electrons. The van der Waals surface area contributed by atoms with Gasteiger partial charge in [0, 0.05) is 31.9 Å². The third-order valence-electron chi connectivity index (χ3n) is 5.97. The van der Waals surface area contributed by atoms with Crippen LogP contribution in [0.2, 0.25) is 0 Å². The van der Waals surface area contributed by atoms with Crippen LogP contribution in [0.1, 0.15) is 43.9 Å². The van der Waals surface area contributed by atoms with E-state index in [9.17, 15) is 9.50 Å². The van der Waals surface area contributed by atoms with Crippen LogP contribution in [0.5, 0.6) is 5.75 Å². The molecular weight excluding hydrogens is 407 g/mol. The van der Waals surface area contributed by atoms with E-state index < -0.39 is 0 Å². The lowest BCUT2D eigenvalue weighted by Gasteiger charge is -2.32. The first-order valence-electron chi connectivity index (χ1n) is 11.4. The third-order valence-corrected chi connectivity index (χ3v) is 5.97. The van der Waals surface area contributed by atoms with Gasteiger partial charge in [0.25, 0.3) is 0 Å². The highest BCUT2D eigenvalue weighted by molar-refractivity contribution is 5.80. The van der Waals surface area contributed by atoms with E-state index in [0.717, 1.165) is 43.6 Å².